The quantitative estimate of drug-likeness (QED) is 0.948. The summed E-state index contributed by atoms with van der Waals surface area (Å²) in [5.41, 5.74) is 9.15. The number of fused-ring (bicyclic) bond motifs is 1. The van der Waals surface area contributed by atoms with Crippen LogP contribution in [0.3, 0.4) is 0 Å². The molecule has 0 aliphatic carbocycles. The first-order valence-corrected chi connectivity index (χ1v) is 7.61. The van der Waals surface area contributed by atoms with Crippen molar-refractivity contribution in [2.45, 2.75) is 38.8 Å². The number of para-hydroxylation sites is 1. The molecule has 3 rings (SSSR count). The fourth-order valence-corrected chi connectivity index (χ4v) is 3.13. The summed E-state index contributed by atoms with van der Waals surface area (Å²) in [6.45, 7) is 5.26. The maximum absolute atomic E-state index is 6.58. The Balaban J connectivity index is 1.89. The van der Waals surface area contributed by atoms with Crippen LogP contribution in [0.15, 0.2) is 24.3 Å². The third-order valence-corrected chi connectivity index (χ3v) is 4.49. The molecule has 0 amide bonds. The van der Waals surface area contributed by atoms with Crippen LogP contribution in [-0.4, -0.2) is 21.9 Å². The molecular weight excluding hydrogens is 286 g/mol. The molecule has 112 valence electrons. The molecule has 5 heteroatoms. The second-order valence-electron chi connectivity index (χ2n) is 5.77. The van der Waals surface area contributed by atoms with E-state index in [0.29, 0.717) is 13.0 Å². The van der Waals surface area contributed by atoms with Crippen LogP contribution in [0, 0.1) is 6.92 Å². The standard InChI is InChI=1S/C16H20ClN3O/c1-3-20-13(15(17)11(2)19-20)9-16(18)8-12-6-4-5-7-14(12)21-10-16/h4-7H,3,8-10,18H2,1-2H3. The smallest absolute Gasteiger partial charge is 0.122 e. The molecule has 0 saturated carbocycles. The Kier molecular flexibility index (Phi) is 3.68. The maximum Gasteiger partial charge on any atom is 0.122 e. The van der Waals surface area contributed by atoms with Crippen molar-refractivity contribution in [1.82, 2.24) is 9.78 Å². The number of nitrogens with zero attached hydrogens (tertiary/aromatic N) is 2. The minimum Gasteiger partial charge on any atom is -0.491 e. The zero-order valence-corrected chi connectivity index (χ0v) is 13.2. The Hall–Kier alpha value is -1.52. The minimum atomic E-state index is -0.447. The Morgan fingerprint density at radius 1 is 1.43 bits per heavy atom. The molecule has 0 saturated heterocycles. The molecule has 0 radical (unpaired) electrons. The van der Waals surface area contributed by atoms with Gasteiger partial charge < -0.3 is 10.5 Å². The van der Waals surface area contributed by atoms with Gasteiger partial charge in [0.05, 0.1) is 21.9 Å². The molecule has 2 heterocycles. The topological polar surface area (TPSA) is 53.1 Å². The molecule has 0 spiro atoms. The van der Waals surface area contributed by atoms with Crippen molar-refractivity contribution in [2.24, 2.45) is 5.73 Å². The van der Waals surface area contributed by atoms with E-state index < -0.39 is 5.54 Å². The molecule has 0 bridgehead atoms. The van der Waals surface area contributed by atoms with Gasteiger partial charge in [-0.05, 0) is 31.9 Å². The van der Waals surface area contributed by atoms with E-state index in [1.54, 1.807) is 0 Å². The normalized spacial score (nSPS) is 21.0. The molecule has 1 aliphatic heterocycles. The highest BCUT2D eigenvalue weighted by Crippen LogP contribution is 2.32. The van der Waals surface area contributed by atoms with Gasteiger partial charge in [-0.25, -0.2) is 0 Å². The Bertz CT molecular complexity index is 668. The van der Waals surface area contributed by atoms with Gasteiger partial charge in [0.25, 0.3) is 0 Å². The van der Waals surface area contributed by atoms with E-state index in [4.69, 9.17) is 22.1 Å². The van der Waals surface area contributed by atoms with Crippen molar-refractivity contribution in [2.75, 3.05) is 6.61 Å². The van der Waals surface area contributed by atoms with Crippen molar-refractivity contribution in [3.63, 3.8) is 0 Å². The van der Waals surface area contributed by atoms with Crippen molar-refractivity contribution < 1.29 is 4.74 Å². The van der Waals surface area contributed by atoms with Gasteiger partial charge in [0.1, 0.15) is 12.4 Å². The van der Waals surface area contributed by atoms with Crippen LogP contribution in [0.1, 0.15) is 23.9 Å². The SMILES string of the molecule is CCn1nc(C)c(Cl)c1CC1(N)COc2ccccc2C1. The predicted octanol–water partition coefficient (Wildman–Crippen LogP) is 2.74. The van der Waals surface area contributed by atoms with Crippen LogP contribution < -0.4 is 10.5 Å². The van der Waals surface area contributed by atoms with Crippen molar-refractivity contribution >= 4 is 11.6 Å². The number of aryl methyl sites for hydroxylation is 2. The van der Waals surface area contributed by atoms with Gasteiger partial charge in [0.2, 0.25) is 0 Å². The van der Waals surface area contributed by atoms with E-state index in [-0.39, 0.29) is 0 Å². The lowest BCUT2D eigenvalue weighted by Gasteiger charge is -2.34. The van der Waals surface area contributed by atoms with Crippen LogP contribution in [0.5, 0.6) is 5.75 Å². The number of ether oxygens (including phenoxy) is 1. The summed E-state index contributed by atoms with van der Waals surface area (Å²) >= 11 is 6.39. The number of halogens is 1. The summed E-state index contributed by atoms with van der Waals surface area (Å²) in [5, 5.41) is 5.18. The average Bonchev–Trinajstić information content (AvgIpc) is 2.74. The lowest BCUT2D eigenvalue weighted by molar-refractivity contribution is 0.187. The number of hydrogen-bond donors (Lipinski definition) is 1. The summed E-state index contributed by atoms with van der Waals surface area (Å²) in [6, 6.07) is 8.05. The van der Waals surface area contributed by atoms with Crippen molar-refractivity contribution in [1.29, 1.82) is 0 Å². The zero-order valence-electron chi connectivity index (χ0n) is 12.4. The lowest BCUT2D eigenvalue weighted by atomic mass is 9.86. The number of hydrogen-bond acceptors (Lipinski definition) is 3. The number of aromatic nitrogens is 2. The van der Waals surface area contributed by atoms with E-state index in [0.717, 1.165) is 40.7 Å². The van der Waals surface area contributed by atoms with Gasteiger partial charge in [-0.15, -0.1) is 0 Å². The second-order valence-corrected chi connectivity index (χ2v) is 6.15. The summed E-state index contributed by atoms with van der Waals surface area (Å²) in [4.78, 5) is 0. The first-order valence-electron chi connectivity index (χ1n) is 7.24. The molecule has 0 fully saturated rings. The van der Waals surface area contributed by atoms with Gasteiger partial charge in [-0.3, -0.25) is 4.68 Å². The van der Waals surface area contributed by atoms with Gasteiger partial charge in [0, 0.05) is 13.0 Å². The van der Waals surface area contributed by atoms with Crippen molar-refractivity contribution in [3.05, 3.63) is 46.2 Å². The van der Waals surface area contributed by atoms with Crippen molar-refractivity contribution in [3.8, 4) is 5.75 Å². The fraction of sp³-hybridized carbons (Fsp3) is 0.438. The van der Waals surface area contributed by atoms with Crippen LogP contribution in [0.4, 0.5) is 0 Å². The summed E-state index contributed by atoms with van der Waals surface area (Å²) in [5.74, 6) is 0.935. The first-order chi connectivity index (χ1) is 10.0. The van der Waals surface area contributed by atoms with E-state index in [2.05, 4.69) is 18.1 Å². The third kappa shape index (κ3) is 2.65. The molecular formula is C16H20ClN3O. The largest absolute Gasteiger partial charge is 0.491 e. The van der Waals surface area contributed by atoms with Crippen LogP contribution in [0.2, 0.25) is 5.02 Å². The molecule has 1 aliphatic rings. The number of benzene rings is 1. The average molecular weight is 306 g/mol. The monoisotopic (exact) mass is 305 g/mol. The summed E-state index contributed by atoms with van der Waals surface area (Å²) in [6.07, 6.45) is 1.45. The van der Waals surface area contributed by atoms with E-state index in [9.17, 15) is 0 Å². The third-order valence-electron chi connectivity index (χ3n) is 4.00. The van der Waals surface area contributed by atoms with E-state index >= 15 is 0 Å². The first kappa shape index (κ1) is 14.4. The molecule has 1 aromatic heterocycles. The molecule has 2 N–H and O–H groups in total. The zero-order chi connectivity index (χ0) is 15.0. The summed E-state index contributed by atoms with van der Waals surface area (Å²) in [7, 11) is 0. The Labute approximate surface area is 129 Å². The molecule has 21 heavy (non-hydrogen) atoms. The highest BCUT2D eigenvalue weighted by Gasteiger charge is 2.34. The summed E-state index contributed by atoms with van der Waals surface area (Å²) < 4.78 is 7.77. The van der Waals surface area contributed by atoms with E-state index in [1.165, 1.54) is 0 Å². The van der Waals surface area contributed by atoms with E-state index in [1.807, 2.05) is 29.8 Å². The predicted molar refractivity (Wildman–Crippen MR) is 83.9 cm³/mol. The highest BCUT2D eigenvalue weighted by molar-refractivity contribution is 6.31. The van der Waals surface area contributed by atoms with Crippen LogP contribution in [0.25, 0.3) is 0 Å². The van der Waals surface area contributed by atoms with Gasteiger partial charge >= 0.3 is 0 Å². The molecule has 4 nitrogen and oxygen atoms in total. The van der Waals surface area contributed by atoms with Gasteiger partial charge in [-0.1, -0.05) is 29.8 Å². The lowest BCUT2D eigenvalue weighted by Crippen LogP contribution is -2.52. The number of rotatable bonds is 3. The fourth-order valence-electron chi connectivity index (χ4n) is 2.93. The minimum absolute atomic E-state index is 0.447. The van der Waals surface area contributed by atoms with Crippen LogP contribution in [-0.2, 0) is 19.4 Å². The maximum atomic E-state index is 6.58. The van der Waals surface area contributed by atoms with Gasteiger partial charge in [-0.2, -0.15) is 5.10 Å². The van der Waals surface area contributed by atoms with Crippen LogP contribution >= 0.6 is 11.6 Å². The Morgan fingerprint density at radius 3 is 2.95 bits per heavy atom. The number of nitrogens with two attached hydrogens (primary N) is 1. The Morgan fingerprint density at radius 2 is 2.19 bits per heavy atom. The second kappa shape index (κ2) is 5.35. The highest BCUT2D eigenvalue weighted by atomic mass is 35.5. The molecule has 2 aromatic rings. The van der Waals surface area contributed by atoms with Gasteiger partial charge in [0.15, 0.2) is 0 Å². The molecule has 1 unspecified atom stereocenters. The molecule has 1 aromatic carbocycles. The molecule has 1 atom stereocenters.